The van der Waals surface area contributed by atoms with Crippen molar-refractivity contribution < 1.29 is 4.74 Å². The Bertz CT molecular complexity index is 302. The van der Waals surface area contributed by atoms with Crippen LogP contribution in [0.15, 0.2) is 18.5 Å². The first-order chi connectivity index (χ1) is 7.74. The van der Waals surface area contributed by atoms with Gasteiger partial charge in [-0.05, 0) is 39.7 Å². The highest BCUT2D eigenvalue weighted by atomic mass is 16.5. The molecule has 0 unspecified atom stereocenters. The number of methoxy groups -OCH3 is 1. The van der Waals surface area contributed by atoms with Gasteiger partial charge < -0.3 is 15.0 Å². The van der Waals surface area contributed by atoms with E-state index in [4.69, 9.17) is 4.74 Å². The lowest BCUT2D eigenvalue weighted by Gasteiger charge is -2.11. The summed E-state index contributed by atoms with van der Waals surface area (Å²) in [5, 5.41) is 3.40. The van der Waals surface area contributed by atoms with E-state index in [9.17, 15) is 0 Å². The molecule has 1 aromatic heterocycles. The number of nitrogens with zero attached hydrogens (tertiary/aromatic N) is 2. The van der Waals surface area contributed by atoms with Gasteiger partial charge in [0.05, 0.1) is 13.3 Å². The minimum Gasteiger partial charge on any atom is -0.495 e. The lowest BCUT2D eigenvalue weighted by molar-refractivity contribution is 0.390. The molecule has 0 amide bonds. The molecule has 1 aromatic rings. The van der Waals surface area contributed by atoms with Crippen LogP contribution < -0.4 is 10.1 Å². The Morgan fingerprint density at radius 2 is 2.25 bits per heavy atom. The summed E-state index contributed by atoms with van der Waals surface area (Å²) in [5.41, 5.74) is 1.15. The molecule has 0 aliphatic carbocycles. The van der Waals surface area contributed by atoms with E-state index < -0.39 is 0 Å². The van der Waals surface area contributed by atoms with E-state index in [2.05, 4.69) is 29.3 Å². The van der Waals surface area contributed by atoms with Gasteiger partial charge in [-0.15, -0.1) is 0 Å². The van der Waals surface area contributed by atoms with E-state index in [1.54, 1.807) is 19.5 Å². The Kier molecular flexibility index (Phi) is 5.82. The molecule has 1 heterocycles. The van der Waals surface area contributed by atoms with E-state index in [1.165, 1.54) is 0 Å². The topological polar surface area (TPSA) is 37.4 Å². The summed E-state index contributed by atoms with van der Waals surface area (Å²) < 4.78 is 5.23. The highest BCUT2D eigenvalue weighted by Gasteiger charge is 2.00. The highest BCUT2D eigenvalue weighted by molar-refractivity contribution is 5.29. The number of aromatic nitrogens is 1. The van der Waals surface area contributed by atoms with Gasteiger partial charge in [0.1, 0.15) is 5.75 Å². The summed E-state index contributed by atoms with van der Waals surface area (Å²) in [4.78, 5) is 6.21. The molecule has 0 bridgehead atoms. The van der Waals surface area contributed by atoms with Gasteiger partial charge in [0.15, 0.2) is 0 Å². The molecule has 0 atom stereocenters. The third-order valence-electron chi connectivity index (χ3n) is 2.36. The Labute approximate surface area is 97.6 Å². The fourth-order valence-corrected chi connectivity index (χ4v) is 1.48. The molecule has 0 aromatic carbocycles. The molecule has 16 heavy (non-hydrogen) atoms. The van der Waals surface area contributed by atoms with Crippen LogP contribution in [0.3, 0.4) is 0 Å². The van der Waals surface area contributed by atoms with E-state index in [-0.39, 0.29) is 0 Å². The van der Waals surface area contributed by atoms with Crippen molar-refractivity contribution >= 4 is 0 Å². The molecule has 0 aliphatic heterocycles. The number of nitrogens with one attached hydrogen (secondary N) is 1. The Hall–Kier alpha value is -1.13. The van der Waals surface area contributed by atoms with Gasteiger partial charge in [-0.25, -0.2) is 0 Å². The summed E-state index contributed by atoms with van der Waals surface area (Å²) in [7, 11) is 5.85. The molecule has 0 radical (unpaired) electrons. The number of ether oxygens (including phenoxy) is 1. The van der Waals surface area contributed by atoms with E-state index in [1.807, 2.05) is 6.07 Å². The fourth-order valence-electron chi connectivity index (χ4n) is 1.48. The second kappa shape index (κ2) is 7.19. The van der Waals surface area contributed by atoms with Crippen LogP contribution in [0.4, 0.5) is 0 Å². The molecule has 4 heteroatoms. The van der Waals surface area contributed by atoms with Crippen molar-refractivity contribution in [3.05, 3.63) is 24.0 Å². The molecule has 90 valence electrons. The first kappa shape index (κ1) is 12.9. The summed E-state index contributed by atoms with van der Waals surface area (Å²) in [6.07, 6.45) is 4.69. The summed E-state index contributed by atoms with van der Waals surface area (Å²) in [6.45, 7) is 2.96. The van der Waals surface area contributed by atoms with Crippen LogP contribution in [0.5, 0.6) is 5.75 Å². The smallest absolute Gasteiger partial charge is 0.141 e. The standard InChI is InChI=1S/C12H21N3O/c1-15(2)8-4-6-13-9-11-5-7-14-10-12(11)16-3/h5,7,10,13H,4,6,8-9H2,1-3H3. The second-order valence-electron chi connectivity index (χ2n) is 4.02. The fraction of sp³-hybridized carbons (Fsp3) is 0.583. The quantitative estimate of drug-likeness (QED) is 0.703. The lowest BCUT2D eigenvalue weighted by Crippen LogP contribution is -2.21. The summed E-state index contributed by atoms with van der Waals surface area (Å²) >= 11 is 0. The Morgan fingerprint density at radius 1 is 1.44 bits per heavy atom. The molecule has 0 saturated heterocycles. The van der Waals surface area contributed by atoms with Crippen LogP contribution in [-0.2, 0) is 6.54 Å². The Morgan fingerprint density at radius 3 is 2.94 bits per heavy atom. The molecular formula is C12H21N3O. The van der Waals surface area contributed by atoms with Crippen molar-refractivity contribution in [2.75, 3.05) is 34.3 Å². The minimum absolute atomic E-state index is 0.832. The molecule has 1 rings (SSSR count). The first-order valence-electron chi connectivity index (χ1n) is 5.56. The Balaban J connectivity index is 2.26. The third kappa shape index (κ3) is 4.59. The van der Waals surface area contributed by atoms with Crippen molar-refractivity contribution in [2.45, 2.75) is 13.0 Å². The molecule has 0 spiro atoms. The van der Waals surface area contributed by atoms with Crippen molar-refractivity contribution in [1.29, 1.82) is 0 Å². The zero-order valence-corrected chi connectivity index (χ0v) is 10.4. The van der Waals surface area contributed by atoms with Crippen LogP contribution in [-0.4, -0.2) is 44.2 Å². The molecular weight excluding hydrogens is 202 g/mol. The number of hydrogen-bond acceptors (Lipinski definition) is 4. The summed E-state index contributed by atoms with van der Waals surface area (Å²) in [6, 6.07) is 1.98. The largest absolute Gasteiger partial charge is 0.495 e. The van der Waals surface area contributed by atoms with Gasteiger partial charge in [-0.2, -0.15) is 0 Å². The molecule has 0 saturated carbocycles. The van der Waals surface area contributed by atoms with Gasteiger partial charge in [-0.1, -0.05) is 0 Å². The molecule has 4 nitrogen and oxygen atoms in total. The molecule has 1 N–H and O–H groups in total. The van der Waals surface area contributed by atoms with Gasteiger partial charge in [0.25, 0.3) is 0 Å². The van der Waals surface area contributed by atoms with Crippen LogP contribution in [0.25, 0.3) is 0 Å². The van der Waals surface area contributed by atoms with E-state index in [0.717, 1.165) is 37.4 Å². The van der Waals surface area contributed by atoms with Crippen LogP contribution >= 0.6 is 0 Å². The normalized spacial score (nSPS) is 10.8. The minimum atomic E-state index is 0.832. The van der Waals surface area contributed by atoms with Crippen LogP contribution in [0.2, 0.25) is 0 Å². The van der Waals surface area contributed by atoms with Crippen molar-refractivity contribution in [2.24, 2.45) is 0 Å². The third-order valence-corrected chi connectivity index (χ3v) is 2.36. The van der Waals surface area contributed by atoms with Crippen LogP contribution in [0, 0.1) is 0 Å². The maximum atomic E-state index is 5.23. The zero-order chi connectivity index (χ0) is 11.8. The van der Waals surface area contributed by atoms with Gasteiger partial charge in [0.2, 0.25) is 0 Å². The molecule has 0 fully saturated rings. The van der Waals surface area contributed by atoms with Crippen molar-refractivity contribution in [3.8, 4) is 5.75 Å². The first-order valence-corrected chi connectivity index (χ1v) is 5.56. The number of pyridine rings is 1. The maximum Gasteiger partial charge on any atom is 0.141 e. The predicted octanol–water partition coefficient (Wildman–Crippen LogP) is 1.13. The maximum absolute atomic E-state index is 5.23. The van der Waals surface area contributed by atoms with Crippen molar-refractivity contribution in [1.82, 2.24) is 15.2 Å². The predicted molar refractivity (Wildman–Crippen MR) is 65.7 cm³/mol. The van der Waals surface area contributed by atoms with Crippen LogP contribution in [0.1, 0.15) is 12.0 Å². The zero-order valence-electron chi connectivity index (χ0n) is 10.4. The van der Waals surface area contributed by atoms with Crippen molar-refractivity contribution in [3.63, 3.8) is 0 Å². The number of rotatable bonds is 7. The van der Waals surface area contributed by atoms with Gasteiger partial charge in [-0.3, -0.25) is 4.98 Å². The highest BCUT2D eigenvalue weighted by Crippen LogP contribution is 2.14. The average molecular weight is 223 g/mol. The SMILES string of the molecule is COc1cnccc1CNCCCN(C)C. The lowest BCUT2D eigenvalue weighted by atomic mass is 10.2. The average Bonchev–Trinajstić information content (AvgIpc) is 2.29. The van der Waals surface area contributed by atoms with E-state index >= 15 is 0 Å². The molecule has 0 aliphatic rings. The van der Waals surface area contributed by atoms with E-state index in [0.29, 0.717) is 0 Å². The van der Waals surface area contributed by atoms with Gasteiger partial charge in [0, 0.05) is 18.3 Å². The number of hydrogen-bond donors (Lipinski definition) is 1. The second-order valence-corrected chi connectivity index (χ2v) is 4.02. The summed E-state index contributed by atoms with van der Waals surface area (Å²) in [5.74, 6) is 0.850. The van der Waals surface area contributed by atoms with Gasteiger partial charge >= 0.3 is 0 Å². The monoisotopic (exact) mass is 223 g/mol.